The maximum atomic E-state index is 12.9. The molecule has 1 amide bonds. The number of nitrogens with one attached hydrogen (secondary N) is 1. The number of hydrogen-bond donors (Lipinski definition) is 2. The van der Waals surface area contributed by atoms with Gasteiger partial charge in [0.15, 0.2) is 0 Å². The van der Waals surface area contributed by atoms with Gasteiger partial charge in [0.2, 0.25) is 0 Å². The van der Waals surface area contributed by atoms with Crippen LogP contribution >= 0.6 is 0 Å². The monoisotopic (exact) mass is 369 g/mol. The molecule has 1 aliphatic rings. The molecule has 3 rings (SSSR count). The number of aliphatic carboxylic acids is 1. The van der Waals surface area contributed by atoms with Crippen LogP contribution in [0.5, 0.6) is 0 Å². The van der Waals surface area contributed by atoms with E-state index in [9.17, 15) is 9.59 Å². The summed E-state index contributed by atoms with van der Waals surface area (Å²) in [4.78, 5) is 23.9. The molecule has 1 unspecified atom stereocenters. The second kappa shape index (κ2) is 7.55. The third kappa shape index (κ3) is 4.76. The summed E-state index contributed by atoms with van der Waals surface area (Å²) >= 11 is 0. The van der Waals surface area contributed by atoms with Crippen LogP contribution in [-0.2, 0) is 10.3 Å². The molecule has 2 aromatic rings. The molecule has 0 saturated heterocycles. The Morgan fingerprint density at radius 1 is 1.26 bits per heavy atom. The molecule has 0 aliphatic heterocycles. The number of amides is 1. The number of carboxylic acids is 1. The Morgan fingerprint density at radius 2 is 1.93 bits per heavy atom. The highest BCUT2D eigenvalue weighted by atomic mass is 16.4. The first-order valence-electron chi connectivity index (χ1n) is 9.44. The van der Waals surface area contributed by atoms with E-state index >= 15 is 0 Å². The first-order chi connectivity index (χ1) is 12.8. The normalized spacial score (nSPS) is 15.4. The van der Waals surface area contributed by atoms with Gasteiger partial charge in [0, 0.05) is 18.0 Å². The van der Waals surface area contributed by atoms with Gasteiger partial charge < -0.3 is 10.4 Å². The maximum absolute atomic E-state index is 12.9. The summed E-state index contributed by atoms with van der Waals surface area (Å²) in [6.07, 6.45) is 2.59. The topological polar surface area (TPSA) is 84.2 Å². The van der Waals surface area contributed by atoms with Gasteiger partial charge in [-0.1, -0.05) is 30.3 Å². The van der Waals surface area contributed by atoms with Gasteiger partial charge in [0.05, 0.1) is 11.6 Å². The van der Waals surface area contributed by atoms with E-state index in [0.717, 1.165) is 24.1 Å². The van der Waals surface area contributed by atoms with E-state index in [1.807, 2.05) is 41.1 Å². The van der Waals surface area contributed by atoms with Crippen LogP contribution in [0.3, 0.4) is 0 Å². The second-order valence-electron chi connectivity index (χ2n) is 8.18. The summed E-state index contributed by atoms with van der Waals surface area (Å²) < 4.78 is 1.95. The highest BCUT2D eigenvalue weighted by molar-refractivity contribution is 5.92. The van der Waals surface area contributed by atoms with E-state index in [1.54, 1.807) is 0 Å². The molecule has 1 fully saturated rings. The van der Waals surface area contributed by atoms with Gasteiger partial charge in [0.25, 0.3) is 5.91 Å². The summed E-state index contributed by atoms with van der Waals surface area (Å²) in [6, 6.07) is 11.0. The van der Waals surface area contributed by atoms with Crippen molar-refractivity contribution in [2.75, 3.05) is 0 Å². The fourth-order valence-electron chi connectivity index (χ4n) is 3.22. The zero-order chi connectivity index (χ0) is 19.6. The summed E-state index contributed by atoms with van der Waals surface area (Å²) in [7, 11) is 0. The quantitative estimate of drug-likeness (QED) is 0.776. The van der Waals surface area contributed by atoms with Crippen molar-refractivity contribution in [1.82, 2.24) is 15.1 Å². The Bertz CT molecular complexity index is 817. The lowest BCUT2D eigenvalue weighted by molar-refractivity contribution is -0.137. The van der Waals surface area contributed by atoms with Crippen LogP contribution in [0, 0.1) is 0 Å². The lowest BCUT2D eigenvalue weighted by Crippen LogP contribution is -2.30. The molecule has 144 valence electrons. The highest BCUT2D eigenvalue weighted by Crippen LogP contribution is 2.41. The predicted octanol–water partition coefficient (Wildman–Crippen LogP) is 3.85. The zero-order valence-corrected chi connectivity index (χ0v) is 16.1. The van der Waals surface area contributed by atoms with Gasteiger partial charge in [-0.25, -0.2) is 0 Å². The summed E-state index contributed by atoms with van der Waals surface area (Å²) in [5.74, 6) is -0.660. The Kier molecular flexibility index (Phi) is 5.35. The Morgan fingerprint density at radius 3 is 2.48 bits per heavy atom. The highest BCUT2D eigenvalue weighted by Gasteiger charge is 2.32. The Balaban J connectivity index is 1.82. The van der Waals surface area contributed by atoms with Crippen molar-refractivity contribution in [2.24, 2.45) is 0 Å². The van der Waals surface area contributed by atoms with Gasteiger partial charge in [-0.15, -0.1) is 0 Å². The predicted molar refractivity (Wildman–Crippen MR) is 103 cm³/mol. The van der Waals surface area contributed by atoms with Crippen molar-refractivity contribution < 1.29 is 14.7 Å². The number of carbonyl (C=O) groups is 2. The van der Waals surface area contributed by atoms with Gasteiger partial charge in [-0.3, -0.25) is 14.3 Å². The van der Waals surface area contributed by atoms with Crippen LogP contribution in [0.4, 0.5) is 0 Å². The SMILES string of the molecule is CC(C)(C)n1nc(C(=O)NC(CCC(=O)O)c2ccccc2)cc1C1CC1. The van der Waals surface area contributed by atoms with E-state index in [1.165, 1.54) is 0 Å². The van der Waals surface area contributed by atoms with Crippen LogP contribution in [0.1, 0.15) is 80.2 Å². The minimum absolute atomic E-state index is 0.0103. The Hall–Kier alpha value is -2.63. The number of carboxylic acid groups (broad SMARTS) is 1. The third-order valence-corrected chi connectivity index (χ3v) is 4.75. The van der Waals surface area contributed by atoms with Gasteiger partial charge >= 0.3 is 5.97 Å². The van der Waals surface area contributed by atoms with E-state index in [2.05, 4.69) is 31.2 Å². The van der Waals surface area contributed by atoms with Crippen LogP contribution < -0.4 is 5.32 Å². The van der Waals surface area contributed by atoms with E-state index in [-0.39, 0.29) is 23.9 Å². The largest absolute Gasteiger partial charge is 0.481 e. The molecule has 6 heteroatoms. The first-order valence-corrected chi connectivity index (χ1v) is 9.44. The third-order valence-electron chi connectivity index (χ3n) is 4.75. The molecule has 1 saturated carbocycles. The average Bonchev–Trinajstić information content (AvgIpc) is 3.35. The second-order valence-corrected chi connectivity index (χ2v) is 8.18. The zero-order valence-electron chi connectivity index (χ0n) is 16.1. The molecule has 27 heavy (non-hydrogen) atoms. The summed E-state index contributed by atoms with van der Waals surface area (Å²) in [5, 5.41) is 16.6. The Labute approximate surface area is 159 Å². The van der Waals surface area contributed by atoms with Crippen molar-refractivity contribution in [2.45, 2.75) is 64.0 Å². The van der Waals surface area contributed by atoms with Crippen LogP contribution in [0.2, 0.25) is 0 Å². The van der Waals surface area contributed by atoms with Crippen LogP contribution in [0.25, 0.3) is 0 Å². The first kappa shape index (κ1) is 19.1. The smallest absolute Gasteiger partial charge is 0.303 e. The number of benzene rings is 1. The molecular weight excluding hydrogens is 342 g/mol. The minimum atomic E-state index is -0.877. The standard InChI is InChI=1S/C21H27N3O3/c1-21(2,3)24-18(15-9-10-15)13-17(23-24)20(27)22-16(11-12-19(25)26)14-7-5-4-6-8-14/h4-8,13,15-16H,9-12H2,1-3H3,(H,22,27)(H,25,26). The van der Waals surface area contributed by atoms with Crippen molar-refractivity contribution in [3.8, 4) is 0 Å². The molecule has 6 nitrogen and oxygen atoms in total. The van der Waals surface area contributed by atoms with Crippen molar-refractivity contribution in [3.63, 3.8) is 0 Å². The summed E-state index contributed by atoms with van der Waals surface area (Å²) in [5.41, 5.74) is 2.20. The number of carbonyl (C=O) groups excluding carboxylic acids is 1. The molecule has 1 aromatic carbocycles. The van der Waals surface area contributed by atoms with E-state index in [0.29, 0.717) is 18.0 Å². The van der Waals surface area contributed by atoms with E-state index < -0.39 is 5.97 Å². The average molecular weight is 369 g/mol. The molecule has 1 aromatic heterocycles. The molecule has 1 aliphatic carbocycles. The molecule has 1 heterocycles. The molecule has 0 bridgehead atoms. The van der Waals surface area contributed by atoms with Gasteiger partial charge in [-0.05, 0) is 51.7 Å². The molecule has 1 atom stereocenters. The summed E-state index contributed by atoms with van der Waals surface area (Å²) in [6.45, 7) is 6.23. The van der Waals surface area contributed by atoms with Gasteiger partial charge in [0.1, 0.15) is 5.69 Å². The maximum Gasteiger partial charge on any atom is 0.303 e. The van der Waals surface area contributed by atoms with Crippen LogP contribution in [-0.4, -0.2) is 26.8 Å². The number of nitrogens with zero attached hydrogens (tertiary/aromatic N) is 2. The number of aromatic nitrogens is 2. The van der Waals surface area contributed by atoms with Crippen molar-refractivity contribution in [3.05, 3.63) is 53.3 Å². The van der Waals surface area contributed by atoms with Crippen molar-refractivity contribution >= 4 is 11.9 Å². The van der Waals surface area contributed by atoms with Crippen LogP contribution in [0.15, 0.2) is 36.4 Å². The number of hydrogen-bond acceptors (Lipinski definition) is 3. The van der Waals surface area contributed by atoms with E-state index in [4.69, 9.17) is 5.11 Å². The molecule has 2 N–H and O–H groups in total. The molecule has 0 radical (unpaired) electrons. The van der Waals surface area contributed by atoms with Gasteiger partial charge in [-0.2, -0.15) is 5.10 Å². The lowest BCUT2D eigenvalue weighted by Gasteiger charge is -2.22. The number of rotatable bonds is 7. The molecule has 0 spiro atoms. The fourth-order valence-corrected chi connectivity index (χ4v) is 3.22. The fraction of sp³-hybridized carbons (Fsp3) is 0.476. The lowest BCUT2D eigenvalue weighted by atomic mass is 10.0. The van der Waals surface area contributed by atoms with Crippen molar-refractivity contribution in [1.29, 1.82) is 0 Å². The molecular formula is C21H27N3O3. The minimum Gasteiger partial charge on any atom is -0.481 e.